The molecule has 5 heteroatoms. The van der Waals surface area contributed by atoms with Crippen LogP contribution in [0.15, 0.2) is 18.5 Å². The molecule has 2 rings (SSSR count). The van der Waals surface area contributed by atoms with Crippen molar-refractivity contribution in [2.24, 2.45) is 5.92 Å². The van der Waals surface area contributed by atoms with Crippen LogP contribution < -0.4 is 0 Å². The summed E-state index contributed by atoms with van der Waals surface area (Å²) in [4.78, 5) is 22.7. The fraction of sp³-hybridized carbons (Fsp3) is 0.364. The Kier molecular flexibility index (Phi) is 2.96. The van der Waals surface area contributed by atoms with Gasteiger partial charge in [-0.15, -0.1) is 0 Å². The lowest BCUT2D eigenvalue weighted by molar-refractivity contribution is 0.0898. The number of aromatic nitrogens is 3. The van der Waals surface area contributed by atoms with Gasteiger partial charge in [0.1, 0.15) is 5.52 Å². The Morgan fingerprint density at radius 2 is 2.38 bits per heavy atom. The van der Waals surface area contributed by atoms with Gasteiger partial charge < -0.3 is 4.98 Å². The lowest BCUT2D eigenvalue weighted by Crippen LogP contribution is -2.09. The molecule has 0 aliphatic carbocycles. The number of Topliss-reactive ketones (excluding diaryl/α,β-unsaturated/α-hetero) is 1. The van der Waals surface area contributed by atoms with Gasteiger partial charge in [0.05, 0.1) is 18.3 Å². The third-order valence-electron chi connectivity index (χ3n) is 2.37. The molecular formula is C11H12N3O2. The molecule has 5 nitrogen and oxygen atoms in total. The van der Waals surface area contributed by atoms with Crippen molar-refractivity contribution in [3.63, 3.8) is 0 Å². The van der Waals surface area contributed by atoms with Crippen molar-refractivity contribution in [3.05, 3.63) is 24.3 Å². The highest BCUT2D eigenvalue weighted by molar-refractivity contribution is 5.95. The Morgan fingerprint density at radius 3 is 3.06 bits per heavy atom. The summed E-state index contributed by atoms with van der Waals surface area (Å²) in [6.45, 7) is 1.52. The maximum atomic E-state index is 11.7. The van der Waals surface area contributed by atoms with Crippen LogP contribution in [0.25, 0.3) is 11.0 Å². The predicted molar refractivity (Wildman–Crippen MR) is 57.6 cm³/mol. The number of imidazole rings is 1. The number of nitrogens with one attached hydrogen (secondary N) is 1. The largest absolute Gasteiger partial charge is 0.335 e. The Labute approximate surface area is 92.5 Å². The Morgan fingerprint density at radius 1 is 1.56 bits per heavy atom. The average molecular weight is 218 g/mol. The molecule has 0 bridgehead atoms. The minimum atomic E-state index is -0.243. The van der Waals surface area contributed by atoms with Crippen molar-refractivity contribution >= 4 is 16.8 Å². The number of rotatable bonds is 4. The molecule has 1 atom stereocenters. The quantitative estimate of drug-likeness (QED) is 0.791. The van der Waals surface area contributed by atoms with E-state index in [2.05, 4.69) is 15.0 Å². The fourth-order valence-electron chi connectivity index (χ4n) is 1.46. The number of ketones is 1. The van der Waals surface area contributed by atoms with E-state index in [4.69, 9.17) is 0 Å². The smallest absolute Gasteiger partial charge is 0.198 e. The molecule has 0 aliphatic heterocycles. The van der Waals surface area contributed by atoms with Gasteiger partial charge in [-0.2, -0.15) is 0 Å². The summed E-state index contributed by atoms with van der Waals surface area (Å²) in [7, 11) is 0. The van der Waals surface area contributed by atoms with Gasteiger partial charge in [0.25, 0.3) is 0 Å². The van der Waals surface area contributed by atoms with E-state index in [1.54, 1.807) is 25.4 Å². The van der Waals surface area contributed by atoms with Gasteiger partial charge in [0, 0.05) is 12.6 Å². The van der Waals surface area contributed by atoms with E-state index < -0.39 is 0 Å². The summed E-state index contributed by atoms with van der Waals surface area (Å²) < 4.78 is 0. The SMILES string of the molecule is CC(C[O])CC(=O)c1nc2cnccc2[nH]1. The lowest BCUT2D eigenvalue weighted by atomic mass is 10.1. The zero-order valence-electron chi connectivity index (χ0n) is 8.93. The van der Waals surface area contributed by atoms with E-state index in [-0.39, 0.29) is 24.7 Å². The van der Waals surface area contributed by atoms with E-state index in [1.807, 2.05) is 0 Å². The summed E-state index contributed by atoms with van der Waals surface area (Å²) in [5, 5.41) is 10.6. The maximum absolute atomic E-state index is 11.7. The maximum Gasteiger partial charge on any atom is 0.198 e. The fourth-order valence-corrected chi connectivity index (χ4v) is 1.46. The molecule has 2 aromatic rings. The summed E-state index contributed by atoms with van der Waals surface area (Å²) in [6, 6.07) is 1.76. The number of nitrogens with zero attached hydrogens (tertiary/aromatic N) is 2. The molecule has 0 aromatic carbocycles. The lowest BCUT2D eigenvalue weighted by Gasteiger charge is -2.02. The number of hydrogen-bond donors (Lipinski definition) is 1. The summed E-state index contributed by atoms with van der Waals surface area (Å²) in [5.74, 6) is 0.0293. The van der Waals surface area contributed by atoms with Gasteiger partial charge in [-0.05, 0) is 12.0 Å². The first-order valence-corrected chi connectivity index (χ1v) is 5.11. The van der Waals surface area contributed by atoms with Gasteiger partial charge in [0.15, 0.2) is 11.6 Å². The average Bonchev–Trinajstić information content (AvgIpc) is 2.72. The van der Waals surface area contributed by atoms with Crippen molar-refractivity contribution in [2.75, 3.05) is 6.61 Å². The molecule has 1 radical (unpaired) electrons. The minimum absolute atomic E-state index is 0.125. The highest BCUT2D eigenvalue weighted by Gasteiger charge is 2.14. The molecule has 0 saturated carbocycles. The third-order valence-corrected chi connectivity index (χ3v) is 2.37. The van der Waals surface area contributed by atoms with Gasteiger partial charge in [-0.3, -0.25) is 9.78 Å². The zero-order chi connectivity index (χ0) is 11.5. The second-order valence-electron chi connectivity index (χ2n) is 3.88. The van der Waals surface area contributed by atoms with E-state index in [9.17, 15) is 9.90 Å². The number of H-pyrrole nitrogens is 1. The molecule has 0 aliphatic rings. The van der Waals surface area contributed by atoms with Gasteiger partial charge in [0.2, 0.25) is 0 Å². The highest BCUT2D eigenvalue weighted by Crippen LogP contribution is 2.12. The number of hydrogen-bond acceptors (Lipinski definition) is 3. The first-order chi connectivity index (χ1) is 7.70. The molecule has 0 spiro atoms. The predicted octanol–water partition coefficient (Wildman–Crippen LogP) is 1.60. The van der Waals surface area contributed by atoms with Crippen LogP contribution in [0, 0.1) is 5.92 Å². The van der Waals surface area contributed by atoms with E-state index in [0.717, 1.165) is 5.52 Å². The molecule has 1 N–H and O–H groups in total. The van der Waals surface area contributed by atoms with Gasteiger partial charge in [-0.1, -0.05) is 6.92 Å². The zero-order valence-corrected chi connectivity index (χ0v) is 8.93. The van der Waals surface area contributed by atoms with E-state index in [1.165, 1.54) is 0 Å². The molecule has 1 unspecified atom stereocenters. The summed E-state index contributed by atoms with van der Waals surface area (Å²) in [5.41, 5.74) is 1.45. The highest BCUT2D eigenvalue weighted by atomic mass is 16.3. The molecule has 83 valence electrons. The van der Waals surface area contributed by atoms with E-state index in [0.29, 0.717) is 11.3 Å². The van der Waals surface area contributed by atoms with Crippen molar-refractivity contribution in [1.29, 1.82) is 0 Å². The van der Waals surface area contributed by atoms with Crippen LogP contribution in [0.5, 0.6) is 0 Å². The first-order valence-electron chi connectivity index (χ1n) is 5.11. The standard InChI is InChI=1S/C11H12N3O2/c1-7(6-15)4-10(16)11-13-8-2-3-12-5-9(8)14-11/h2-3,5,7H,4,6H2,1H3,(H,13,14). The van der Waals surface area contributed by atoms with Crippen LogP contribution in [0.1, 0.15) is 24.0 Å². The molecule has 2 heterocycles. The van der Waals surface area contributed by atoms with Crippen LogP contribution in [-0.4, -0.2) is 27.3 Å². The minimum Gasteiger partial charge on any atom is -0.335 e. The van der Waals surface area contributed by atoms with Gasteiger partial charge >= 0.3 is 0 Å². The topological polar surface area (TPSA) is 78.5 Å². The van der Waals surface area contributed by atoms with Crippen molar-refractivity contribution in [2.45, 2.75) is 13.3 Å². The number of carbonyl (C=O) groups is 1. The van der Waals surface area contributed by atoms with Crippen LogP contribution in [0.3, 0.4) is 0 Å². The van der Waals surface area contributed by atoms with Crippen molar-refractivity contribution in [1.82, 2.24) is 15.0 Å². The van der Waals surface area contributed by atoms with Crippen LogP contribution >= 0.6 is 0 Å². The van der Waals surface area contributed by atoms with Crippen molar-refractivity contribution in [3.8, 4) is 0 Å². The van der Waals surface area contributed by atoms with Crippen LogP contribution in [0.2, 0.25) is 0 Å². The second-order valence-corrected chi connectivity index (χ2v) is 3.88. The Bertz CT molecular complexity index is 474. The third kappa shape index (κ3) is 2.09. The first kappa shape index (κ1) is 10.8. The summed E-state index contributed by atoms with van der Waals surface area (Å²) >= 11 is 0. The second kappa shape index (κ2) is 4.40. The van der Waals surface area contributed by atoms with Crippen LogP contribution in [0.4, 0.5) is 0 Å². The molecular weight excluding hydrogens is 206 g/mol. The number of carbonyl (C=O) groups excluding carboxylic acids is 1. The van der Waals surface area contributed by atoms with Gasteiger partial charge in [-0.25, -0.2) is 10.1 Å². The Balaban J connectivity index is 2.23. The number of aromatic amines is 1. The number of fused-ring (bicyclic) bond motifs is 1. The summed E-state index contributed by atoms with van der Waals surface area (Å²) in [6.07, 6.45) is 3.46. The monoisotopic (exact) mass is 218 g/mol. The number of pyridine rings is 1. The molecule has 0 amide bonds. The molecule has 0 fully saturated rings. The van der Waals surface area contributed by atoms with Crippen molar-refractivity contribution < 1.29 is 9.90 Å². The van der Waals surface area contributed by atoms with E-state index >= 15 is 0 Å². The molecule has 16 heavy (non-hydrogen) atoms. The van der Waals surface area contributed by atoms with Crippen LogP contribution in [-0.2, 0) is 5.11 Å². The molecule has 2 aromatic heterocycles. The Hall–Kier alpha value is -1.75. The molecule has 0 saturated heterocycles. The normalized spacial score (nSPS) is 12.9.